The fraction of sp³-hybridized carbons (Fsp3) is 0.419. The second kappa shape index (κ2) is 12.6. The predicted octanol–water partition coefficient (Wildman–Crippen LogP) is 8.19. The molecule has 0 saturated heterocycles. The van der Waals surface area contributed by atoms with Gasteiger partial charge in [0.25, 0.3) is 0 Å². The van der Waals surface area contributed by atoms with Crippen molar-refractivity contribution in [1.29, 1.82) is 0 Å². The zero-order valence-corrected chi connectivity index (χ0v) is 20.3. The fourth-order valence-electron chi connectivity index (χ4n) is 4.60. The van der Waals surface area contributed by atoms with Crippen LogP contribution in [0.15, 0.2) is 60.7 Å². The Hall–Kier alpha value is -2.38. The van der Waals surface area contributed by atoms with Gasteiger partial charge in [-0.2, -0.15) is 0 Å². The Morgan fingerprint density at radius 1 is 0.562 bits per heavy atom. The van der Waals surface area contributed by atoms with Crippen LogP contribution >= 0.6 is 0 Å². The highest BCUT2D eigenvalue weighted by atomic mass is 16.2. The Kier molecular flexibility index (Phi) is 9.56. The van der Waals surface area contributed by atoms with Crippen LogP contribution in [0.4, 0.5) is 0 Å². The minimum absolute atomic E-state index is 0.254. The largest absolute Gasteiger partial charge is 0.396 e. The molecule has 0 unspecified atom stereocenters. The molecule has 0 aliphatic heterocycles. The molecule has 0 fully saturated rings. The van der Waals surface area contributed by atoms with E-state index in [0.717, 1.165) is 25.7 Å². The van der Waals surface area contributed by atoms with Gasteiger partial charge in [-0.05, 0) is 83.0 Å². The molecule has 1 heteroatoms. The van der Waals surface area contributed by atoms with E-state index in [4.69, 9.17) is 5.11 Å². The third kappa shape index (κ3) is 6.33. The van der Waals surface area contributed by atoms with E-state index in [9.17, 15) is 0 Å². The van der Waals surface area contributed by atoms with Crippen LogP contribution in [0, 0.1) is 0 Å². The second-order valence-electron chi connectivity index (χ2n) is 8.91. The second-order valence-corrected chi connectivity index (χ2v) is 8.91. The molecule has 3 rings (SSSR count). The van der Waals surface area contributed by atoms with E-state index in [1.165, 1.54) is 76.6 Å². The average molecular weight is 429 g/mol. The Labute approximate surface area is 195 Å². The van der Waals surface area contributed by atoms with E-state index in [1.54, 1.807) is 0 Å². The van der Waals surface area contributed by atoms with E-state index in [1.807, 2.05) is 0 Å². The lowest BCUT2D eigenvalue weighted by atomic mass is 9.90. The van der Waals surface area contributed by atoms with Gasteiger partial charge < -0.3 is 5.11 Å². The normalized spacial score (nSPS) is 11.1. The zero-order chi connectivity index (χ0) is 22.8. The third-order valence-electron chi connectivity index (χ3n) is 6.56. The first-order chi connectivity index (χ1) is 15.7. The van der Waals surface area contributed by atoms with E-state index < -0.39 is 0 Å². The number of hydrogen-bond donors (Lipinski definition) is 1. The van der Waals surface area contributed by atoms with Gasteiger partial charge in [-0.25, -0.2) is 0 Å². The van der Waals surface area contributed by atoms with Crippen LogP contribution in [-0.4, -0.2) is 11.7 Å². The van der Waals surface area contributed by atoms with Crippen LogP contribution in [0.3, 0.4) is 0 Å². The fourth-order valence-corrected chi connectivity index (χ4v) is 4.60. The first kappa shape index (κ1) is 24.3. The maximum absolute atomic E-state index is 9.14. The summed E-state index contributed by atoms with van der Waals surface area (Å²) < 4.78 is 0. The molecule has 32 heavy (non-hydrogen) atoms. The summed E-state index contributed by atoms with van der Waals surface area (Å²) in [5.74, 6) is 0. The molecule has 0 aliphatic carbocycles. The molecule has 1 nitrogen and oxygen atoms in total. The van der Waals surface area contributed by atoms with Gasteiger partial charge in [0, 0.05) is 6.61 Å². The van der Waals surface area contributed by atoms with Crippen LogP contribution < -0.4 is 0 Å². The number of benzene rings is 3. The first-order valence-corrected chi connectivity index (χ1v) is 12.6. The summed E-state index contributed by atoms with van der Waals surface area (Å²) in [5.41, 5.74) is 10.9. The standard InChI is InChI=1S/C31H40O/c1-4-7-8-9-11-24-13-16-28(17-14-24)30-20-18-29(23-27(30)6-3)31-19-15-25(12-10-21-32)22-26(31)5-2/h13-20,22-23,32H,4-12,21H2,1-3H3. The van der Waals surface area contributed by atoms with Gasteiger partial charge >= 0.3 is 0 Å². The van der Waals surface area contributed by atoms with Gasteiger partial charge in [-0.15, -0.1) is 0 Å². The number of aliphatic hydroxyl groups excluding tert-OH is 1. The lowest BCUT2D eigenvalue weighted by molar-refractivity contribution is 0.288. The van der Waals surface area contributed by atoms with Crippen molar-refractivity contribution in [2.75, 3.05) is 6.61 Å². The van der Waals surface area contributed by atoms with Gasteiger partial charge in [0.15, 0.2) is 0 Å². The van der Waals surface area contributed by atoms with Gasteiger partial charge in [0.2, 0.25) is 0 Å². The summed E-state index contributed by atoms with van der Waals surface area (Å²) in [4.78, 5) is 0. The van der Waals surface area contributed by atoms with E-state index in [-0.39, 0.29) is 6.61 Å². The summed E-state index contributed by atoms with van der Waals surface area (Å²) >= 11 is 0. The van der Waals surface area contributed by atoms with Crippen LogP contribution in [-0.2, 0) is 25.7 Å². The monoisotopic (exact) mass is 428 g/mol. The maximum Gasteiger partial charge on any atom is 0.0434 e. The number of hydrogen-bond acceptors (Lipinski definition) is 1. The Morgan fingerprint density at radius 2 is 1.16 bits per heavy atom. The molecule has 0 heterocycles. The Morgan fingerprint density at radius 3 is 1.84 bits per heavy atom. The molecule has 0 spiro atoms. The third-order valence-corrected chi connectivity index (χ3v) is 6.56. The summed E-state index contributed by atoms with van der Waals surface area (Å²) in [6.45, 7) is 7.00. The summed E-state index contributed by atoms with van der Waals surface area (Å²) in [6, 6.07) is 23.0. The SMILES string of the molecule is CCCCCCc1ccc(-c2ccc(-c3ccc(CCCO)cc3CC)cc2CC)cc1. The molecule has 170 valence electrons. The predicted molar refractivity (Wildman–Crippen MR) is 139 cm³/mol. The molecule has 0 aromatic heterocycles. The maximum atomic E-state index is 9.14. The lowest BCUT2D eigenvalue weighted by Crippen LogP contribution is -1.95. The number of unbranched alkanes of at least 4 members (excludes halogenated alkanes) is 3. The van der Waals surface area contributed by atoms with Crippen molar-refractivity contribution in [3.8, 4) is 22.3 Å². The molecule has 0 radical (unpaired) electrons. The Balaban J connectivity index is 1.82. The van der Waals surface area contributed by atoms with Gasteiger partial charge in [-0.1, -0.05) is 101 Å². The molecular formula is C31H40O. The van der Waals surface area contributed by atoms with Crippen LogP contribution in [0.5, 0.6) is 0 Å². The van der Waals surface area contributed by atoms with Crippen LogP contribution in [0.25, 0.3) is 22.3 Å². The topological polar surface area (TPSA) is 20.2 Å². The van der Waals surface area contributed by atoms with Crippen molar-refractivity contribution in [2.45, 2.75) is 78.6 Å². The van der Waals surface area contributed by atoms with Crippen LogP contribution in [0.2, 0.25) is 0 Å². The highest BCUT2D eigenvalue weighted by Crippen LogP contribution is 2.32. The van der Waals surface area contributed by atoms with Crippen molar-refractivity contribution in [3.05, 3.63) is 82.9 Å². The number of aryl methyl sites for hydroxylation is 4. The van der Waals surface area contributed by atoms with Gasteiger partial charge in [-0.3, -0.25) is 0 Å². The zero-order valence-electron chi connectivity index (χ0n) is 20.3. The highest BCUT2D eigenvalue weighted by Gasteiger charge is 2.10. The number of rotatable bonds is 12. The molecular weight excluding hydrogens is 388 g/mol. The average Bonchev–Trinajstić information content (AvgIpc) is 2.85. The molecule has 0 bridgehead atoms. The molecule has 3 aromatic carbocycles. The molecule has 0 atom stereocenters. The van der Waals surface area contributed by atoms with Gasteiger partial charge in [0.1, 0.15) is 0 Å². The molecule has 0 saturated carbocycles. The smallest absolute Gasteiger partial charge is 0.0434 e. The highest BCUT2D eigenvalue weighted by molar-refractivity contribution is 5.75. The molecule has 0 amide bonds. The minimum Gasteiger partial charge on any atom is -0.396 e. The first-order valence-electron chi connectivity index (χ1n) is 12.6. The molecule has 1 N–H and O–H groups in total. The number of aliphatic hydroxyl groups is 1. The van der Waals surface area contributed by atoms with Crippen molar-refractivity contribution in [3.63, 3.8) is 0 Å². The molecule has 0 aliphatic rings. The summed E-state index contributed by atoms with van der Waals surface area (Å²) in [5, 5.41) is 9.14. The lowest BCUT2D eigenvalue weighted by Gasteiger charge is -2.15. The molecule has 3 aromatic rings. The van der Waals surface area contributed by atoms with Crippen LogP contribution in [0.1, 0.15) is 75.1 Å². The van der Waals surface area contributed by atoms with Crippen molar-refractivity contribution in [2.24, 2.45) is 0 Å². The minimum atomic E-state index is 0.254. The quantitative estimate of drug-likeness (QED) is 0.288. The summed E-state index contributed by atoms with van der Waals surface area (Å²) in [6.07, 6.45) is 10.3. The summed E-state index contributed by atoms with van der Waals surface area (Å²) in [7, 11) is 0. The van der Waals surface area contributed by atoms with E-state index in [2.05, 4.69) is 81.4 Å². The van der Waals surface area contributed by atoms with E-state index in [0.29, 0.717) is 0 Å². The van der Waals surface area contributed by atoms with E-state index >= 15 is 0 Å². The van der Waals surface area contributed by atoms with Crippen molar-refractivity contribution >= 4 is 0 Å². The van der Waals surface area contributed by atoms with Crippen molar-refractivity contribution < 1.29 is 5.11 Å². The van der Waals surface area contributed by atoms with Gasteiger partial charge in [0.05, 0.1) is 0 Å². The van der Waals surface area contributed by atoms with Crippen molar-refractivity contribution in [1.82, 2.24) is 0 Å². The Bertz CT molecular complexity index is 968.